The fourth-order valence-electron chi connectivity index (χ4n) is 3.13. The third-order valence-corrected chi connectivity index (χ3v) is 4.53. The molecule has 0 aromatic carbocycles. The fourth-order valence-corrected chi connectivity index (χ4v) is 3.13. The van der Waals surface area contributed by atoms with Gasteiger partial charge in [0.15, 0.2) is 5.82 Å². The summed E-state index contributed by atoms with van der Waals surface area (Å²) in [5, 5.41) is 4.13. The zero-order valence-electron chi connectivity index (χ0n) is 13.3. The number of hydrogen-bond donors (Lipinski definition) is 0. The van der Waals surface area contributed by atoms with Gasteiger partial charge in [-0.3, -0.25) is 4.79 Å². The van der Waals surface area contributed by atoms with Gasteiger partial charge in [-0.15, -0.1) is 0 Å². The number of carbonyl (C=O) groups is 1. The van der Waals surface area contributed by atoms with Gasteiger partial charge < -0.3 is 4.52 Å². The molecule has 4 heteroatoms. The van der Waals surface area contributed by atoms with E-state index < -0.39 is 0 Å². The summed E-state index contributed by atoms with van der Waals surface area (Å²) in [5.41, 5.74) is 0.433. The molecule has 0 radical (unpaired) electrons. The highest BCUT2D eigenvalue weighted by molar-refractivity contribution is 5.82. The molecule has 1 heterocycles. The smallest absolute Gasteiger partial charge is 0.237 e. The second-order valence-electron chi connectivity index (χ2n) is 7.26. The van der Waals surface area contributed by atoms with Crippen LogP contribution in [0.3, 0.4) is 0 Å². The normalized spacial score (nSPS) is 21.1. The van der Waals surface area contributed by atoms with E-state index in [9.17, 15) is 4.79 Å². The Balaban J connectivity index is 2.11. The molecule has 0 aliphatic heterocycles. The number of hydrogen-bond acceptors (Lipinski definition) is 4. The quantitative estimate of drug-likeness (QED) is 0.832. The van der Waals surface area contributed by atoms with Gasteiger partial charge in [0, 0.05) is 5.92 Å². The molecule has 1 unspecified atom stereocenters. The first kappa shape index (κ1) is 15.2. The molecule has 1 aliphatic carbocycles. The molecule has 112 valence electrons. The van der Waals surface area contributed by atoms with Gasteiger partial charge in [0.1, 0.15) is 5.78 Å². The van der Waals surface area contributed by atoms with E-state index >= 15 is 0 Å². The van der Waals surface area contributed by atoms with Crippen molar-refractivity contribution in [3.63, 3.8) is 0 Å². The maximum absolute atomic E-state index is 11.7. The van der Waals surface area contributed by atoms with Gasteiger partial charge in [-0.2, -0.15) is 4.98 Å². The highest BCUT2D eigenvalue weighted by atomic mass is 16.5. The van der Waals surface area contributed by atoms with Crippen molar-refractivity contribution in [1.82, 2.24) is 10.1 Å². The van der Waals surface area contributed by atoms with Crippen LogP contribution in [-0.4, -0.2) is 15.9 Å². The molecule has 0 N–H and O–H groups in total. The van der Waals surface area contributed by atoms with Crippen molar-refractivity contribution < 1.29 is 9.32 Å². The summed E-state index contributed by atoms with van der Waals surface area (Å²) in [6.07, 6.45) is 4.61. The largest absolute Gasteiger partial charge is 0.339 e. The molecule has 1 aromatic rings. The first-order valence-corrected chi connectivity index (χ1v) is 7.64. The van der Waals surface area contributed by atoms with Crippen molar-refractivity contribution >= 4 is 5.78 Å². The molecule has 0 spiro atoms. The van der Waals surface area contributed by atoms with E-state index in [0.29, 0.717) is 17.2 Å². The second kappa shape index (κ2) is 5.66. The third kappa shape index (κ3) is 3.28. The Morgan fingerprint density at radius 3 is 2.40 bits per heavy atom. The topological polar surface area (TPSA) is 56.0 Å². The molecular formula is C16H26N2O2. The van der Waals surface area contributed by atoms with Crippen molar-refractivity contribution in [2.75, 3.05) is 0 Å². The van der Waals surface area contributed by atoms with Gasteiger partial charge in [-0.05, 0) is 43.9 Å². The molecule has 1 aromatic heterocycles. The van der Waals surface area contributed by atoms with E-state index in [1.54, 1.807) is 6.92 Å². The van der Waals surface area contributed by atoms with Crippen LogP contribution in [0, 0.1) is 11.3 Å². The minimum atomic E-state index is -0.267. The van der Waals surface area contributed by atoms with Crippen molar-refractivity contribution in [2.45, 2.75) is 72.1 Å². The van der Waals surface area contributed by atoms with E-state index in [2.05, 4.69) is 24.0 Å². The van der Waals surface area contributed by atoms with Crippen molar-refractivity contribution in [3.8, 4) is 0 Å². The van der Waals surface area contributed by atoms with E-state index in [4.69, 9.17) is 4.52 Å². The fraction of sp³-hybridized carbons (Fsp3) is 0.812. The van der Waals surface area contributed by atoms with E-state index in [0.717, 1.165) is 18.7 Å². The second-order valence-corrected chi connectivity index (χ2v) is 7.26. The predicted octanol–water partition coefficient (Wildman–Crippen LogP) is 4.08. The zero-order chi connectivity index (χ0) is 14.9. The molecule has 1 saturated carbocycles. The highest BCUT2D eigenvalue weighted by Crippen LogP contribution is 2.41. The number of rotatable bonds is 4. The van der Waals surface area contributed by atoms with Crippen LogP contribution in [0.15, 0.2) is 4.52 Å². The number of carbonyl (C=O) groups excluding carboxylic acids is 1. The summed E-state index contributed by atoms with van der Waals surface area (Å²) in [6.45, 7) is 10.3. The maximum Gasteiger partial charge on any atom is 0.237 e. The molecule has 1 atom stereocenters. The van der Waals surface area contributed by atoms with Gasteiger partial charge in [-0.25, -0.2) is 0 Å². The first-order valence-electron chi connectivity index (χ1n) is 7.64. The monoisotopic (exact) mass is 278 g/mol. The Kier molecular flexibility index (Phi) is 4.31. The van der Waals surface area contributed by atoms with Crippen LogP contribution in [0.2, 0.25) is 0 Å². The van der Waals surface area contributed by atoms with Crippen LogP contribution in [-0.2, 0) is 4.79 Å². The lowest BCUT2D eigenvalue weighted by molar-refractivity contribution is -0.119. The molecule has 1 aliphatic rings. The molecule has 0 saturated heterocycles. The summed E-state index contributed by atoms with van der Waals surface area (Å²) in [6, 6.07) is 0. The zero-order valence-corrected chi connectivity index (χ0v) is 13.3. The Labute approximate surface area is 121 Å². The van der Waals surface area contributed by atoms with Crippen LogP contribution < -0.4 is 0 Å². The van der Waals surface area contributed by atoms with E-state index in [1.807, 2.05) is 13.8 Å². The van der Waals surface area contributed by atoms with Crippen LogP contribution in [0.4, 0.5) is 0 Å². The Morgan fingerprint density at radius 2 is 1.90 bits per heavy atom. The summed E-state index contributed by atoms with van der Waals surface area (Å²) in [5.74, 6) is 1.69. The van der Waals surface area contributed by atoms with Crippen LogP contribution in [0.25, 0.3) is 0 Å². The summed E-state index contributed by atoms with van der Waals surface area (Å²) < 4.78 is 5.37. The number of Topliss-reactive ketones (excluding diaryl/α,β-unsaturated/α-hetero) is 1. The van der Waals surface area contributed by atoms with Gasteiger partial charge in [0.05, 0.1) is 5.92 Å². The van der Waals surface area contributed by atoms with E-state index in [1.165, 1.54) is 12.8 Å². The lowest BCUT2D eigenvalue weighted by atomic mass is 9.73. The average molecular weight is 278 g/mol. The van der Waals surface area contributed by atoms with E-state index in [-0.39, 0.29) is 17.6 Å². The number of aromatic nitrogens is 2. The van der Waals surface area contributed by atoms with Gasteiger partial charge in [0.25, 0.3) is 0 Å². The lowest BCUT2D eigenvalue weighted by Gasteiger charge is -2.32. The lowest BCUT2D eigenvalue weighted by Crippen LogP contribution is -2.21. The van der Waals surface area contributed by atoms with Gasteiger partial charge in [0.2, 0.25) is 5.89 Å². The molecule has 20 heavy (non-hydrogen) atoms. The molecule has 1 fully saturated rings. The number of nitrogens with zero attached hydrogens (tertiary/aromatic N) is 2. The third-order valence-electron chi connectivity index (χ3n) is 4.53. The first-order chi connectivity index (χ1) is 9.30. The summed E-state index contributed by atoms with van der Waals surface area (Å²) in [4.78, 5) is 16.3. The minimum Gasteiger partial charge on any atom is -0.339 e. The summed E-state index contributed by atoms with van der Waals surface area (Å²) >= 11 is 0. The average Bonchev–Trinajstić information content (AvgIpc) is 2.77. The predicted molar refractivity (Wildman–Crippen MR) is 77.5 cm³/mol. The molecule has 0 amide bonds. The Hall–Kier alpha value is -1.19. The van der Waals surface area contributed by atoms with Crippen molar-refractivity contribution in [2.24, 2.45) is 11.3 Å². The van der Waals surface area contributed by atoms with Gasteiger partial charge >= 0.3 is 0 Å². The Bertz CT molecular complexity index is 467. The van der Waals surface area contributed by atoms with Crippen LogP contribution in [0.5, 0.6) is 0 Å². The van der Waals surface area contributed by atoms with Gasteiger partial charge in [-0.1, -0.05) is 32.9 Å². The highest BCUT2D eigenvalue weighted by Gasteiger charge is 2.32. The molecule has 4 nitrogen and oxygen atoms in total. The van der Waals surface area contributed by atoms with Crippen molar-refractivity contribution in [3.05, 3.63) is 11.7 Å². The van der Waals surface area contributed by atoms with Crippen LogP contribution >= 0.6 is 0 Å². The standard InChI is InChI=1S/C16H26N2O2/c1-10(2)13(11(3)19)15-17-14(18-20-15)12-6-8-16(4,5)9-7-12/h10,12-13H,6-9H2,1-5H3. The minimum absolute atomic E-state index is 0.0972. The molecular weight excluding hydrogens is 252 g/mol. The van der Waals surface area contributed by atoms with Crippen LogP contribution in [0.1, 0.15) is 83.9 Å². The molecule has 0 bridgehead atoms. The summed E-state index contributed by atoms with van der Waals surface area (Å²) in [7, 11) is 0. The van der Waals surface area contributed by atoms with Crippen molar-refractivity contribution in [1.29, 1.82) is 0 Å². The Morgan fingerprint density at radius 1 is 1.30 bits per heavy atom. The SMILES string of the molecule is CC(=O)C(c1nc(C2CCC(C)(C)CC2)no1)C(C)C. The maximum atomic E-state index is 11.7. The number of ketones is 1. The molecule has 2 rings (SSSR count).